The molecule has 3 rings (SSSR count). The summed E-state index contributed by atoms with van der Waals surface area (Å²) in [5.74, 6) is 0.412. The number of nitrogens with zero attached hydrogens (tertiary/aromatic N) is 4. The number of para-hydroxylation sites is 1. The molecule has 0 saturated heterocycles. The predicted molar refractivity (Wildman–Crippen MR) is 124 cm³/mol. The van der Waals surface area contributed by atoms with Crippen LogP contribution in [0.3, 0.4) is 0 Å². The molecule has 1 amide bonds. The van der Waals surface area contributed by atoms with Gasteiger partial charge in [0.05, 0.1) is 24.2 Å². The van der Waals surface area contributed by atoms with E-state index in [0.717, 1.165) is 6.26 Å². The first-order chi connectivity index (χ1) is 14.8. The molecule has 0 aliphatic heterocycles. The molecule has 0 bridgehead atoms. The molecule has 31 heavy (non-hydrogen) atoms. The van der Waals surface area contributed by atoms with Gasteiger partial charge in [0.25, 0.3) is 0 Å². The maximum atomic E-state index is 12.4. The molecule has 1 aromatic heterocycles. The zero-order valence-electron chi connectivity index (χ0n) is 17.0. The van der Waals surface area contributed by atoms with Crippen molar-refractivity contribution < 1.29 is 13.2 Å². The molecule has 11 heteroatoms. The smallest absolute Gasteiger partial charge is 0.234 e. The van der Waals surface area contributed by atoms with Crippen molar-refractivity contribution in [3.8, 4) is 0 Å². The monoisotopic (exact) mass is 479 g/mol. The van der Waals surface area contributed by atoms with Crippen molar-refractivity contribution in [2.45, 2.75) is 25.2 Å². The van der Waals surface area contributed by atoms with E-state index in [1.165, 1.54) is 16.1 Å². The fourth-order valence-corrected chi connectivity index (χ4v) is 4.74. The summed E-state index contributed by atoms with van der Waals surface area (Å²) in [6, 6.07) is 15.7. The number of amides is 1. The maximum Gasteiger partial charge on any atom is 0.234 e. The Labute approximate surface area is 190 Å². The number of sulfonamides is 1. The second-order valence-corrected chi connectivity index (χ2v) is 9.88. The average Bonchev–Trinajstić information content (AvgIpc) is 3.12. The SMILES string of the molecule is CCn1c(CN(c2ccccc2)S(C)(=O)=O)nnc1SCC(=O)Nc1cccc(Cl)c1. The third-order valence-electron chi connectivity index (χ3n) is 4.28. The molecule has 1 N–H and O–H groups in total. The first kappa shape index (κ1) is 23.1. The van der Waals surface area contributed by atoms with Gasteiger partial charge in [-0.25, -0.2) is 8.42 Å². The van der Waals surface area contributed by atoms with Crippen LogP contribution >= 0.6 is 23.4 Å². The van der Waals surface area contributed by atoms with Gasteiger partial charge in [-0.1, -0.05) is 47.6 Å². The molecule has 0 fully saturated rings. The summed E-state index contributed by atoms with van der Waals surface area (Å²) in [4.78, 5) is 12.3. The van der Waals surface area contributed by atoms with Crippen LogP contribution < -0.4 is 9.62 Å². The van der Waals surface area contributed by atoms with Gasteiger partial charge in [-0.2, -0.15) is 0 Å². The number of hydrogen-bond donors (Lipinski definition) is 1. The fourth-order valence-electron chi connectivity index (χ4n) is 2.88. The van der Waals surface area contributed by atoms with Crippen molar-refractivity contribution in [3.05, 3.63) is 65.4 Å². The Morgan fingerprint density at radius 2 is 1.90 bits per heavy atom. The quantitative estimate of drug-likeness (QED) is 0.470. The molecule has 1 heterocycles. The van der Waals surface area contributed by atoms with E-state index in [4.69, 9.17) is 11.6 Å². The number of anilines is 2. The average molecular weight is 480 g/mol. The van der Waals surface area contributed by atoms with Gasteiger partial charge in [0.15, 0.2) is 11.0 Å². The zero-order chi connectivity index (χ0) is 22.4. The Bertz CT molecular complexity index is 1150. The summed E-state index contributed by atoms with van der Waals surface area (Å²) in [6.45, 7) is 2.49. The lowest BCUT2D eigenvalue weighted by Gasteiger charge is -2.22. The van der Waals surface area contributed by atoms with Crippen LogP contribution in [0.15, 0.2) is 59.8 Å². The van der Waals surface area contributed by atoms with Crippen LogP contribution in [-0.2, 0) is 27.9 Å². The van der Waals surface area contributed by atoms with Gasteiger partial charge >= 0.3 is 0 Å². The van der Waals surface area contributed by atoms with Crippen LogP contribution in [0.5, 0.6) is 0 Å². The number of nitrogens with one attached hydrogen (secondary N) is 1. The lowest BCUT2D eigenvalue weighted by molar-refractivity contribution is -0.113. The van der Waals surface area contributed by atoms with Crippen LogP contribution in [0, 0.1) is 0 Å². The van der Waals surface area contributed by atoms with E-state index >= 15 is 0 Å². The molecule has 0 aliphatic rings. The Balaban J connectivity index is 1.72. The molecule has 0 saturated carbocycles. The summed E-state index contributed by atoms with van der Waals surface area (Å²) in [6.07, 6.45) is 1.16. The number of benzene rings is 2. The van der Waals surface area contributed by atoms with Gasteiger partial charge in [-0.05, 0) is 37.3 Å². The van der Waals surface area contributed by atoms with Crippen LogP contribution in [0.25, 0.3) is 0 Å². The van der Waals surface area contributed by atoms with Crippen molar-refractivity contribution in [1.29, 1.82) is 0 Å². The Morgan fingerprint density at radius 1 is 1.16 bits per heavy atom. The standard InChI is InChI=1S/C20H22ClN5O3S2/c1-3-25-18(13-26(31(2,28)29)17-10-5-4-6-11-17)23-24-20(25)30-14-19(27)22-16-9-7-8-15(21)12-16/h4-12H,3,13-14H2,1-2H3,(H,22,27). The third-order valence-corrected chi connectivity index (χ3v) is 6.62. The molecule has 164 valence electrons. The Morgan fingerprint density at radius 3 is 2.55 bits per heavy atom. The minimum atomic E-state index is -3.53. The molecule has 0 unspecified atom stereocenters. The highest BCUT2D eigenvalue weighted by Crippen LogP contribution is 2.23. The van der Waals surface area contributed by atoms with Crippen LogP contribution in [0.1, 0.15) is 12.7 Å². The zero-order valence-corrected chi connectivity index (χ0v) is 19.4. The predicted octanol–water partition coefficient (Wildman–Crippen LogP) is 3.65. The molecule has 0 spiro atoms. The fraction of sp³-hybridized carbons (Fsp3) is 0.250. The van der Waals surface area contributed by atoms with Gasteiger partial charge in [0.2, 0.25) is 15.9 Å². The number of carbonyl (C=O) groups excluding carboxylic acids is 1. The van der Waals surface area contributed by atoms with Crippen LogP contribution in [0.2, 0.25) is 5.02 Å². The summed E-state index contributed by atoms with van der Waals surface area (Å²) < 4.78 is 27.8. The van der Waals surface area contributed by atoms with Crippen LogP contribution in [0.4, 0.5) is 11.4 Å². The minimum Gasteiger partial charge on any atom is -0.325 e. The second-order valence-electron chi connectivity index (χ2n) is 6.60. The number of halogens is 1. The normalized spacial score (nSPS) is 11.3. The number of carbonyl (C=O) groups is 1. The van der Waals surface area contributed by atoms with Gasteiger partial charge < -0.3 is 9.88 Å². The third kappa shape index (κ3) is 6.22. The van der Waals surface area contributed by atoms with Crippen molar-refractivity contribution in [2.75, 3.05) is 21.6 Å². The molecule has 8 nitrogen and oxygen atoms in total. The maximum absolute atomic E-state index is 12.4. The number of aromatic nitrogens is 3. The van der Waals surface area contributed by atoms with E-state index < -0.39 is 10.0 Å². The van der Waals surface area contributed by atoms with Crippen molar-refractivity contribution in [2.24, 2.45) is 0 Å². The highest BCUT2D eigenvalue weighted by molar-refractivity contribution is 7.99. The van der Waals surface area contributed by atoms with Gasteiger partial charge in [-0.3, -0.25) is 9.10 Å². The van der Waals surface area contributed by atoms with E-state index in [-0.39, 0.29) is 18.2 Å². The lowest BCUT2D eigenvalue weighted by atomic mass is 10.3. The number of hydrogen-bond acceptors (Lipinski definition) is 6. The number of rotatable bonds is 9. The number of thioether (sulfide) groups is 1. The first-order valence-corrected chi connectivity index (χ1v) is 12.6. The van der Waals surface area contributed by atoms with Crippen molar-refractivity contribution in [3.63, 3.8) is 0 Å². The summed E-state index contributed by atoms with van der Waals surface area (Å²) in [5.41, 5.74) is 1.16. The van der Waals surface area contributed by atoms with Crippen molar-refractivity contribution >= 4 is 50.7 Å². The highest BCUT2D eigenvalue weighted by atomic mass is 35.5. The minimum absolute atomic E-state index is 0.0406. The second kappa shape index (κ2) is 10.2. The molecule has 0 aliphatic carbocycles. The van der Waals surface area contributed by atoms with E-state index in [1.807, 2.05) is 13.0 Å². The van der Waals surface area contributed by atoms with E-state index in [2.05, 4.69) is 15.5 Å². The molecular formula is C20H22ClN5O3S2. The highest BCUT2D eigenvalue weighted by Gasteiger charge is 2.22. The van der Waals surface area contributed by atoms with Gasteiger partial charge in [0.1, 0.15) is 0 Å². The van der Waals surface area contributed by atoms with Gasteiger partial charge in [0, 0.05) is 17.3 Å². The van der Waals surface area contributed by atoms with Crippen LogP contribution in [-0.4, -0.2) is 41.1 Å². The Hall–Kier alpha value is -2.56. The summed E-state index contributed by atoms with van der Waals surface area (Å²) in [5, 5.41) is 12.2. The molecule has 0 radical (unpaired) electrons. The molecular weight excluding hydrogens is 458 g/mol. The van der Waals surface area contributed by atoms with Crippen molar-refractivity contribution in [1.82, 2.24) is 14.8 Å². The molecule has 0 atom stereocenters. The lowest BCUT2D eigenvalue weighted by Crippen LogP contribution is -2.30. The van der Waals surface area contributed by atoms with E-state index in [9.17, 15) is 13.2 Å². The first-order valence-electron chi connectivity index (χ1n) is 9.41. The summed E-state index contributed by atoms with van der Waals surface area (Å²) >= 11 is 7.17. The van der Waals surface area contributed by atoms with E-state index in [0.29, 0.717) is 33.9 Å². The molecule has 2 aromatic carbocycles. The summed E-state index contributed by atoms with van der Waals surface area (Å²) in [7, 11) is -3.53. The Kier molecular flexibility index (Phi) is 7.58. The van der Waals surface area contributed by atoms with E-state index in [1.54, 1.807) is 53.1 Å². The molecule has 3 aromatic rings. The topological polar surface area (TPSA) is 97.2 Å². The van der Waals surface area contributed by atoms with Gasteiger partial charge in [-0.15, -0.1) is 10.2 Å². The largest absolute Gasteiger partial charge is 0.325 e.